The molecule has 0 fully saturated rings. The summed E-state index contributed by atoms with van der Waals surface area (Å²) in [6.45, 7) is 12.3. The highest BCUT2D eigenvalue weighted by Gasteiger charge is 2.31. The number of aliphatic carboxylic acids is 1. The van der Waals surface area contributed by atoms with Crippen LogP contribution in [0.1, 0.15) is 72.8 Å². The minimum Gasteiger partial charge on any atom is -0.493 e. The van der Waals surface area contributed by atoms with Gasteiger partial charge in [-0.25, -0.2) is 4.79 Å². The Hall–Kier alpha value is -2.52. The molecule has 0 saturated carbocycles. The number of aliphatic hydroxyl groups excluding tert-OH is 1. The smallest absolute Gasteiger partial charge is 0.407 e. The van der Waals surface area contributed by atoms with Crippen LogP contribution in [-0.2, 0) is 20.7 Å². The zero-order chi connectivity index (χ0) is 28.9. The van der Waals surface area contributed by atoms with Gasteiger partial charge in [0.15, 0.2) is 11.5 Å². The molecular formula is C29H49NO8. The second-order valence-electron chi connectivity index (χ2n) is 11.3. The highest BCUT2D eigenvalue weighted by Crippen LogP contribution is 2.32. The van der Waals surface area contributed by atoms with Crippen LogP contribution < -0.4 is 14.8 Å². The van der Waals surface area contributed by atoms with Crippen LogP contribution in [0, 0.1) is 17.8 Å². The molecular weight excluding hydrogens is 490 g/mol. The molecule has 0 unspecified atom stereocenters. The van der Waals surface area contributed by atoms with E-state index in [0.717, 1.165) is 18.4 Å². The number of ether oxygens (including phenoxy) is 4. The first-order chi connectivity index (χ1) is 17.8. The van der Waals surface area contributed by atoms with Crippen molar-refractivity contribution in [1.29, 1.82) is 0 Å². The van der Waals surface area contributed by atoms with Gasteiger partial charge in [0.2, 0.25) is 0 Å². The molecule has 1 aromatic carbocycles. The lowest BCUT2D eigenvalue weighted by Crippen LogP contribution is -2.47. The number of benzene rings is 1. The number of unbranched alkanes of at least 4 members (excludes halogenated alkanes) is 1. The summed E-state index contributed by atoms with van der Waals surface area (Å²) in [6, 6.07) is 5.18. The van der Waals surface area contributed by atoms with E-state index in [4.69, 9.17) is 18.9 Å². The molecule has 38 heavy (non-hydrogen) atoms. The molecule has 0 aliphatic carbocycles. The Morgan fingerprint density at radius 1 is 1.00 bits per heavy atom. The number of methoxy groups -OCH3 is 2. The van der Waals surface area contributed by atoms with Gasteiger partial charge < -0.3 is 34.5 Å². The first-order valence-electron chi connectivity index (χ1n) is 13.5. The molecule has 1 amide bonds. The number of hydrogen-bond acceptors (Lipinski definition) is 7. The van der Waals surface area contributed by atoms with Crippen molar-refractivity contribution in [2.45, 2.75) is 91.4 Å². The lowest BCUT2D eigenvalue weighted by molar-refractivity contribution is -0.142. The van der Waals surface area contributed by atoms with E-state index in [-0.39, 0.29) is 18.3 Å². The van der Waals surface area contributed by atoms with Crippen molar-refractivity contribution in [1.82, 2.24) is 5.32 Å². The first-order valence-corrected chi connectivity index (χ1v) is 13.5. The third-order valence-corrected chi connectivity index (χ3v) is 6.41. The summed E-state index contributed by atoms with van der Waals surface area (Å²) >= 11 is 0. The number of aliphatic hydroxyl groups is 1. The van der Waals surface area contributed by atoms with Crippen LogP contribution in [0.5, 0.6) is 11.5 Å². The van der Waals surface area contributed by atoms with Crippen LogP contribution >= 0.6 is 0 Å². The zero-order valence-corrected chi connectivity index (χ0v) is 24.4. The Kier molecular flexibility index (Phi) is 14.5. The van der Waals surface area contributed by atoms with Gasteiger partial charge in [-0.05, 0) is 82.4 Å². The number of nitrogens with one attached hydrogen (secondary N) is 1. The van der Waals surface area contributed by atoms with Crippen molar-refractivity contribution in [3.05, 3.63) is 23.8 Å². The van der Waals surface area contributed by atoms with Crippen LogP contribution in [0.25, 0.3) is 0 Å². The molecule has 0 saturated heterocycles. The summed E-state index contributed by atoms with van der Waals surface area (Å²) < 4.78 is 22.0. The molecule has 0 radical (unpaired) electrons. The Labute approximate surface area is 228 Å². The van der Waals surface area contributed by atoms with Gasteiger partial charge in [0.05, 0.1) is 31.8 Å². The van der Waals surface area contributed by atoms with E-state index in [0.29, 0.717) is 37.6 Å². The molecule has 1 rings (SSSR count). The van der Waals surface area contributed by atoms with E-state index >= 15 is 0 Å². The van der Waals surface area contributed by atoms with Gasteiger partial charge in [0, 0.05) is 13.7 Å². The fraction of sp³-hybridized carbons (Fsp3) is 0.724. The van der Waals surface area contributed by atoms with Crippen molar-refractivity contribution in [3.63, 3.8) is 0 Å². The largest absolute Gasteiger partial charge is 0.493 e. The molecule has 0 aliphatic rings. The molecule has 4 atom stereocenters. The number of rotatable bonds is 17. The van der Waals surface area contributed by atoms with E-state index in [1.807, 2.05) is 18.2 Å². The third-order valence-electron chi connectivity index (χ3n) is 6.41. The van der Waals surface area contributed by atoms with E-state index < -0.39 is 35.7 Å². The fourth-order valence-corrected chi connectivity index (χ4v) is 4.11. The Morgan fingerprint density at radius 3 is 2.21 bits per heavy atom. The van der Waals surface area contributed by atoms with Crippen molar-refractivity contribution >= 4 is 12.1 Å². The van der Waals surface area contributed by atoms with Gasteiger partial charge in [0.25, 0.3) is 0 Å². The number of carboxylic acids is 1. The summed E-state index contributed by atoms with van der Waals surface area (Å²) in [5.41, 5.74) is 0.342. The Balaban J connectivity index is 3.08. The molecule has 9 heteroatoms. The SMILES string of the molecule is COCCCCOc1cc(C[C@@H](C[C@H](NC(=O)OC(C)(C)C)[C@@H](O)C[C@@H](C)C(=O)O)C(C)C)ccc1OC. The summed E-state index contributed by atoms with van der Waals surface area (Å²) in [6.07, 6.45) is 1.23. The minimum atomic E-state index is -1.04. The number of hydrogen-bond donors (Lipinski definition) is 3. The standard InChI is InChI=1S/C29H49NO8/c1-19(2)22(16-21-11-12-25(36-8)26(17-21)37-14-10-9-13-35-7)18-23(24(31)15-20(3)27(32)33)30-28(34)38-29(4,5)6/h11-12,17,19-20,22-24,31H,9-10,13-16,18H2,1-8H3,(H,30,34)(H,32,33)/t20-,22+,23+,24+/m1/s1. The summed E-state index contributed by atoms with van der Waals surface area (Å²) in [5.74, 6) is -0.118. The average Bonchev–Trinajstić information content (AvgIpc) is 2.81. The van der Waals surface area contributed by atoms with Gasteiger partial charge in [-0.1, -0.05) is 26.8 Å². The number of alkyl carbamates (subject to hydrolysis) is 1. The van der Waals surface area contributed by atoms with E-state index in [1.165, 1.54) is 0 Å². The van der Waals surface area contributed by atoms with Crippen LogP contribution in [0.4, 0.5) is 4.79 Å². The highest BCUT2D eigenvalue weighted by molar-refractivity contribution is 5.70. The molecule has 3 N–H and O–H groups in total. The summed E-state index contributed by atoms with van der Waals surface area (Å²) in [4.78, 5) is 24.0. The van der Waals surface area contributed by atoms with Crippen LogP contribution in [0.3, 0.4) is 0 Å². The molecule has 0 heterocycles. The van der Waals surface area contributed by atoms with Crippen molar-refractivity contribution in [2.75, 3.05) is 27.4 Å². The van der Waals surface area contributed by atoms with E-state index in [1.54, 1.807) is 41.9 Å². The quantitative estimate of drug-likeness (QED) is 0.235. The number of carboxylic acid groups (broad SMARTS) is 1. The maximum atomic E-state index is 12.6. The van der Waals surface area contributed by atoms with Crippen molar-refractivity contribution in [2.24, 2.45) is 17.8 Å². The van der Waals surface area contributed by atoms with Gasteiger partial charge in [0.1, 0.15) is 5.60 Å². The fourth-order valence-electron chi connectivity index (χ4n) is 4.11. The monoisotopic (exact) mass is 539 g/mol. The van der Waals surface area contributed by atoms with Gasteiger partial charge in [-0.3, -0.25) is 4.79 Å². The van der Waals surface area contributed by atoms with Gasteiger partial charge >= 0.3 is 12.1 Å². The predicted octanol–water partition coefficient (Wildman–Crippen LogP) is 5.07. The number of carbonyl (C=O) groups is 2. The Bertz CT molecular complexity index is 851. The molecule has 1 aromatic rings. The highest BCUT2D eigenvalue weighted by atomic mass is 16.6. The number of carbonyl (C=O) groups excluding carboxylic acids is 1. The molecule has 0 aromatic heterocycles. The zero-order valence-electron chi connectivity index (χ0n) is 24.4. The lowest BCUT2D eigenvalue weighted by Gasteiger charge is -2.32. The molecule has 0 bridgehead atoms. The maximum Gasteiger partial charge on any atom is 0.407 e. The van der Waals surface area contributed by atoms with Crippen molar-refractivity contribution < 1.29 is 38.7 Å². The molecule has 9 nitrogen and oxygen atoms in total. The van der Waals surface area contributed by atoms with Crippen LogP contribution in [-0.4, -0.2) is 67.5 Å². The Morgan fingerprint density at radius 2 is 1.66 bits per heavy atom. The second-order valence-corrected chi connectivity index (χ2v) is 11.3. The topological polar surface area (TPSA) is 124 Å². The number of amides is 1. The third kappa shape index (κ3) is 12.8. The van der Waals surface area contributed by atoms with Crippen LogP contribution in [0.15, 0.2) is 18.2 Å². The van der Waals surface area contributed by atoms with Crippen molar-refractivity contribution in [3.8, 4) is 11.5 Å². The summed E-state index contributed by atoms with van der Waals surface area (Å²) in [5, 5.41) is 23.1. The van der Waals surface area contributed by atoms with E-state index in [9.17, 15) is 19.8 Å². The molecule has 0 spiro atoms. The average molecular weight is 540 g/mol. The molecule has 0 aliphatic heterocycles. The van der Waals surface area contributed by atoms with Gasteiger partial charge in [-0.2, -0.15) is 0 Å². The lowest BCUT2D eigenvalue weighted by atomic mass is 9.82. The maximum absolute atomic E-state index is 12.6. The second kappa shape index (κ2) is 16.4. The van der Waals surface area contributed by atoms with Crippen LogP contribution in [0.2, 0.25) is 0 Å². The normalized spacial score (nSPS) is 14.9. The minimum absolute atomic E-state index is 0.0181. The molecule has 218 valence electrons. The van der Waals surface area contributed by atoms with E-state index in [2.05, 4.69) is 19.2 Å². The predicted molar refractivity (Wildman–Crippen MR) is 147 cm³/mol. The van der Waals surface area contributed by atoms with Gasteiger partial charge in [-0.15, -0.1) is 0 Å². The first kappa shape index (κ1) is 33.5. The summed E-state index contributed by atoms with van der Waals surface area (Å²) in [7, 11) is 3.29.